The molecule has 2 aliphatic rings. The maximum Gasteiger partial charge on any atom is 0.347 e. The summed E-state index contributed by atoms with van der Waals surface area (Å²) in [5, 5.41) is 9.87. The van der Waals surface area contributed by atoms with E-state index in [0.29, 0.717) is 10.9 Å². The average Bonchev–Trinajstić information content (AvgIpc) is 3.10. The summed E-state index contributed by atoms with van der Waals surface area (Å²) < 4.78 is 0. The molecule has 1 aliphatic carbocycles. The fourth-order valence-electron chi connectivity index (χ4n) is 3.36. The molecule has 2 fully saturated rings. The Hall–Kier alpha value is -1.10. The number of carboxylic acids is 1. The van der Waals surface area contributed by atoms with E-state index < -0.39 is 5.97 Å². The second kappa shape index (κ2) is 4.88. The predicted molar refractivity (Wildman–Crippen MR) is 71.4 cm³/mol. The summed E-state index contributed by atoms with van der Waals surface area (Å²) in [7, 11) is 0. The number of thiazole rings is 1. The quantitative estimate of drug-likeness (QED) is 0.913. The Labute approximate surface area is 111 Å². The molecule has 1 aromatic rings. The molecule has 1 saturated carbocycles. The van der Waals surface area contributed by atoms with Crippen molar-refractivity contribution in [3.8, 4) is 0 Å². The number of hydrogen-bond donors (Lipinski definition) is 1. The van der Waals surface area contributed by atoms with Crippen LogP contribution in [0.2, 0.25) is 0 Å². The van der Waals surface area contributed by atoms with Crippen molar-refractivity contribution in [2.24, 2.45) is 5.92 Å². The van der Waals surface area contributed by atoms with Crippen molar-refractivity contribution in [2.75, 3.05) is 11.4 Å². The lowest BCUT2D eigenvalue weighted by Crippen LogP contribution is -2.34. The van der Waals surface area contributed by atoms with E-state index >= 15 is 0 Å². The van der Waals surface area contributed by atoms with Gasteiger partial charge < -0.3 is 10.0 Å². The summed E-state index contributed by atoms with van der Waals surface area (Å²) in [6.07, 6.45) is 9.32. The smallest absolute Gasteiger partial charge is 0.347 e. The third-order valence-electron chi connectivity index (χ3n) is 4.19. The van der Waals surface area contributed by atoms with E-state index in [4.69, 9.17) is 5.11 Å². The fourth-order valence-corrected chi connectivity index (χ4v) is 4.20. The Morgan fingerprint density at radius 2 is 2.11 bits per heavy atom. The summed E-state index contributed by atoms with van der Waals surface area (Å²) in [4.78, 5) is 17.9. The van der Waals surface area contributed by atoms with Crippen molar-refractivity contribution in [3.05, 3.63) is 11.1 Å². The van der Waals surface area contributed by atoms with Crippen molar-refractivity contribution in [1.29, 1.82) is 0 Å². The van der Waals surface area contributed by atoms with E-state index in [-0.39, 0.29) is 0 Å². The lowest BCUT2D eigenvalue weighted by Gasteiger charge is -2.28. The van der Waals surface area contributed by atoms with E-state index in [1.807, 2.05) is 0 Å². The SMILES string of the molecule is O=C(O)c1cnc(N2CCCC2C2CCCC2)s1. The number of rotatable bonds is 3. The van der Waals surface area contributed by atoms with Crippen molar-refractivity contribution in [2.45, 2.75) is 44.6 Å². The third kappa shape index (κ3) is 2.11. The number of carboxylic acid groups (broad SMARTS) is 1. The number of anilines is 1. The molecule has 0 aromatic carbocycles. The molecule has 0 bridgehead atoms. The predicted octanol–water partition coefficient (Wildman–Crippen LogP) is 3.00. The molecule has 18 heavy (non-hydrogen) atoms. The molecule has 4 nitrogen and oxygen atoms in total. The van der Waals surface area contributed by atoms with Gasteiger partial charge in [-0.3, -0.25) is 0 Å². The van der Waals surface area contributed by atoms with Gasteiger partial charge in [0.25, 0.3) is 0 Å². The van der Waals surface area contributed by atoms with Gasteiger partial charge >= 0.3 is 5.97 Å². The van der Waals surface area contributed by atoms with Gasteiger partial charge in [-0.15, -0.1) is 0 Å². The molecule has 0 amide bonds. The van der Waals surface area contributed by atoms with Gasteiger partial charge in [0.2, 0.25) is 0 Å². The maximum atomic E-state index is 10.9. The minimum absolute atomic E-state index is 0.349. The maximum absolute atomic E-state index is 10.9. The van der Waals surface area contributed by atoms with E-state index in [0.717, 1.165) is 17.6 Å². The number of carbonyl (C=O) groups is 1. The van der Waals surface area contributed by atoms with Gasteiger partial charge in [0.1, 0.15) is 4.88 Å². The van der Waals surface area contributed by atoms with Gasteiger partial charge in [-0.2, -0.15) is 0 Å². The van der Waals surface area contributed by atoms with Crippen molar-refractivity contribution in [1.82, 2.24) is 4.98 Å². The second-order valence-electron chi connectivity index (χ2n) is 5.26. The number of aromatic nitrogens is 1. The standard InChI is InChI=1S/C13H18N2O2S/c16-12(17)11-8-14-13(18-11)15-7-3-6-10(15)9-4-1-2-5-9/h8-10H,1-7H2,(H,16,17). The zero-order chi connectivity index (χ0) is 12.5. The fraction of sp³-hybridized carbons (Fsp3) is 0.692. The highest BCUT2D eigenvalue weighted by Gasteiger charge is 2.34. The molecule has 1 saturated heterocycles. The zero-order valence-corrected chi connectivity index (χ0v) is 11.2. The molecule has 1 aromatic heterocycles. The van der Waals surface area contributed by atoms with Crippen LogP contribution in [0.1, 0.15) is 48.2 Å². The van der Waals surface area contributed by atoms with E-state index in [9.17, 15) is 4.79 Å². The Bertz CT molecular complexity index is 440. The number of hydrogen-bond acceptors (Lipinski definition) is 4. The number of nitrogens with zero attached hydrogens (tertiary/aromatic N) is 2. The van der Waals surface area contributed by atoms with Crippen LogP contribution in [0.25, 0.3) is 0 Å². The summed E-state index contributed by atoms with van der Waals surface area (Å²) in [6.45, 7) is 1.04. The molecule has 0 radical (unpaired) electrons. The first-order chi connectivity index (χ1) is 8.75. The molecule has 2 heterocycles. The van der Waals surface area contributed by atoms with Crippen LogP contribution in [0.5, 0.6) is 0 Å². The van der Waals surface area contributed by atoms with Crippen LogP contribution in [0.4, 0.5) is 5.13 Å². The summed E-state index contributed by atoms with van der Waals surface area (Å²) in [5.74, 6) is -0.0694. The van der Waals surface area contributed by atoms with Gasteiger partial charge in [0.05, 0.1) is 6.20 Å². The molecule has 1 aliphatic heterocycles. The van der Waals surface area contributed by atoms with Crippen LogP contribution in [0, 0.1) is 5.92 Å². The molecule has 98 valence electrons. The highest BCUT2D eigenvalue weighted by Crippen LogP contribution is 2.38. The Morgan fingerprint density at radius 1 is 1.33 bits per heavy atom. The minimum atomic E-state index is -0.865. The molecular weight excluding hydrogens is 248 g/mol. The highest BCUT2D eigenvalue weighted by atomic mass is 32.1. The van der Waals surface area contributed by atoms with Crippen LogP contribution < -0.4 is 4.90 Å². The van der Waals surface area contributed by atoms with Gasteiger partial charge in [0.15, 0.2) is 5.13 Å². The van der Waals surface area contributed by atoms with E-state index in [1.54, 1.807) is 0 Å². The van der Waals surface area contributed by atoms with Crippen LogP contribution in [0.15, 0.2) is 6.20 Å². The van der Waals surface area contributed by atoms with Crippen molar-refractivity contribution in [3.63, 3.8) is 0 Å². The van der Waals surface area contributed by atoms with Crippen molar-refractivity contribution >= 4 is 22.4 Å². The topological polar surface area (TPSA) is 53.4 Å². The third-order valence-corrected chi connectivity index (χ3v) is 5.22. The van der Waals surface area contributed by atoms with E-state index in [2.05, 4.69) is 9.88 Å². The zero-order valence-electron chi connectivity index (χ0n) is 10.3. The minimum Gasteiger partial charge on any atom is -0.477 e. The van der Waals surface area contributed by atoms with Crippen LogP contribution in [-0.2, 0) is 0 Å². The van der Waals surface area contributed by atoms with Crippen molar-refractivity contribution < 1.29 is 9.90 Å². The second-order valence-corrected chi connectivity index (χ2v) is 6.27. The molecule has 5 heteroatoms. The molecular formula is C13H18N2O2S. The lowest BCUT2D eigenvalue weighted by molar-refractivity contribution is 0.0702. The number of aromatic carboxylic acids is 1. The van der Waals surface area contributed by atoms with Crippen LogP contribution in [0.3, 0.4) is 0 Å². The summed E-state index contributed by atoms with van der Waals surface area (Å²) in [5.41, 5.74) is 0. The largest absolute Gasteiger partial charge is 0.477 e. The molecule has 3 rings (SSSR count). The van der Waals surface area contributed by atoms with Gasteiger partial charge in [-0.25, -0.2) is 9.78 Å². The van der Waals surface area contributed by atoms with E-state index in [1.165, 1.54) is 56.1 Å². The first kappa shape index (κ1) is 12.0. The Morgan fingerprint density at radius 3 is 2.78 bits per heavy atom. The first-order valence-electron chi connectivity index (χ1n) is 6.71. The summed E-state index contributed by atoms with van der Waals surface area (Å²) >= 11 is 1.32. The Kier molecular flexibility index (Phi) is 3.24. The normalized spacial score (nSPS) is 24.9. The first-order valence-corrected chi connectivity index (χ1v) is 7.53. The van der Waals surface area contributed by atoms with Crippen LogP contribution >= 0.6 is 11.3 Å². The monoisotopic (exact) mass is 266 g/mol. The highest BCUT2D eigenvalue weighted by molar-refractivity contribution is 7.17. The lowest BCUT2D eigenvalue weighted by atomic mass is 9.96. The molecule has 0 spiro atoms. The summed E-state index contributed by atoms with van der Waals surface area (Å²) in [6, 6.07) is 0.597. The van der Waals surface area contributed by atoms with Gasteiger partial charge in [0, 0.05) is 12.6 Å². The Balaban J connectivity index is 1.78. The van der Waals surface area contributed by atoms with Gasteiger partial charge in [-0.1, -0.05) is 24.2 Å². The molecule has 1 N–H and O–H groups in total. The molecule has 1 atom stereocenters. The van der Waals surface area contributed by atoms with Crippen LogP contribution in [-0.4, -0.2) is 28.6 Å². The van der Waals surface area contributed by atoms with Gasteiger partial charge in [-0.05, 0) is 31.6 Å². The molecule has 1 unspecified atom stereocenters. The average molecular weight is 266 g/mol.